The van der Waals surface area contributed by atoms with Crippen LogP contribution < -0.4 is 0 Å². The predicted octanol–water partition coefficient (Wildman–Crippen LogP) is 1.02. The molecule has 18 heavy (non-hydrogen) atoms. The molecule has 0 bridgehead atoms. The molecular weight excluding hydrogens is 232 g/mol. The van der Waals surface area contributed by atoms with Crippen LogP contribution in [-0.2, 0) is 4.74 Å². The summed E-state index contributed by atoms with van der Waals surface area (Å²) in [6, 6.07) is 0. The Kier molecular flexibility index (Phi) is 5.53. The lowest BCUT2D eigenvalue weighted by atomic mass is 9.69. The Hall–Kier alpha value is -0.680. The fourth-order valence-electron chi connectivity index (χ4n) is 2.80. The molecule has 0 unspecified atom stereocenters. The Morgan fingerprint density at radius 3 is 2.72 bits per heavy atom. The predicted molar refractivity (Wildman–Crippen MR) is 70.1 cm³/mol. The van der Waals surface area contributed by atoms with Crippen LogP contribution in [0.2, 0.25) is 0 Å². The average Bonchev–Trinajstić information content (AvgIpc) is 2.38. The van der Waals surface area contributed by atoms with Gasteiger partial charge in [0.2, 0.25) is 0 Å². The second-order valence-corrected chi connectivity index (χ2v) is 5.02. The van der Waals surface area contributed by atoms with Gasteiger partial charge in [-0.3, -0.25) is 0 Å². The van der Waals surface area contributed by atoms with E-state index in [1.807, 2.05) is 13.0 Å². The summed E-state index contributed by atoms with van der Waals surface area (Å²) in [7, 11) is 1.52. The van der Waals surface area contributed by atoms with E-state index in [9.17, 15) is 15.3 Å². The van der Waals surface area contributed by atoms with Gasteiger partial charge in [-0.2, -0.15) is 0 Å². The van der Waals surface area contributed by atoms with Crippen LogP contribution in [0.5, 0.6) is 0 Å². The topological polar surface area (TPSA) is 69.9 Å². The van der Waals surface area contributed by atoms with E-state index >= 15 is 0 Å². The maximum atomic E-state index is 10.5. The number of rotatable bonds is 5. The zero-order valence-electron chi connectivity index (χ0n) is 11.2. The first-order valence-corrected chi connectivity index (χ1v) is 6.31. The van der Waals surface area contributed by atoms with E-state index < -0.39 is 23.7 Å². The van der Waals surface area contributed by atoms with E-state index in [4.69, 9.17) is 4.74 Å². The van der Waals surface area contributed by atoms with Crippen molar-refractivity contribution in [2.45, 2.75) is 44.0 Å². The average molecular weight is 256 g/mol. The van der Waals surface area contributed by atoms with Crippen molar-refractivity contribution in [3.05, 3.63) is 24.3 Å². The van der Waals surface area contributed by atoms with Crippen LogP contribution in [0.1, 0.15) is 26.2 Å². The Balaban J connectivity index is 3.05. The molecule has 0 aliphatic heterocycles. The van der Waals surface area contributed by atoms with Crippen LogP contribution in [0.15, 0.2) is 24.3 Å². The van der Waals surface area contributed by atoms with Gasteiger partial charge in [0.1, 0.15) is 0 Å². The van der Waals surface area contributed by atoms with Crippen molar-refractivity contribution >= 4 is 0 Å². The van der Waals surface area contributed by atoms with Crippen molar-refractivity contribution in [3.8, 4) is 0 Å². The smallest absolute Gasteiger partial charge is 0.0968 e. The molecule has 0 amide bonds. The van der Waals surface area contributed by atoms with Gasteiger partial charge in [-0.15, -0.1) is 6.58 Å². The molecule has 0 radical (unpaired) electrons. The molecule has 3 N–H and O–H groups in total. The van der Waals surface area contributed by atoms with Gasteiger partial charge < -0.3 is 20.1 Å². The van der Waals surface area contributed by atoms with Crippen LogP contribution in [0.25, 0.3) is 0 Å². The van der Waals surface area contributed by atoms with Crippen LogP contribution in [-0.4, -0.2) is 46.8 Å². The molecule has 4 nitrogen and oxygen atoms in total. The summed E-state index contributed by atoms with van der Waals surface area (Å²) in [5, 5.41) is 30.0. The highest BCUT2D eigenvalue weighted by Gasteiger charge is 2.48. The van der Waals surface area contributed by atoms with Gasteiger partial charge in [-0.25, -0.2) is 0 Å². The summed E-state index contributed by atoms with van der Waals surface area (Å²) >= 11 is 0. The minimum atomic E-state index is -1.22. The molecule has 0 aromatic carbocycles. The minimum Gasteiger partial charge on any atom is -0.393 e. The molecule has 0 aromatic heterocycles. The maximum Gasteiger partial charge on any atom is 0.0968 e. The lowest BCUT2D eigenvalue weighted by Crippen LogP contribution is -2.56. The molecule has 104 valence electrons. The molecule has 1 saturated carbocycles. The monoisotopic (exact) mass is 256 g/mol. The van der Waals surface area contributed by atoms with Gasteiger partial charge in [-0.05, 0) is 26.2 Å². The van der Waals surface area contributed by atoms with E-state index in [1.54, 1.807) is 6.08 Å². The summed E-state index contributed by atoms with van der Waals surface area (Å²) in [6.07, 6.45) is 4.10. The minimum absolute atomic E-state index is 0.330. The fraction of sp³-hybridized carbons (Fsp3) is 0.714. The first-order valence-electron chi connectivity index (χ1n) is 6.31. The van der Waals surface area contributed by atoms with Crippen LogP contribution in [0, 0.1) is 5.92 Å². The zero-order chi connectivity index (χ0) is 13.8. The lowest BCUT2D eigenvalue weighted by molar-refractivity contribution is -0.162. The Bertz CT molecular complexity index is 313. The number of ether oxygens (including phenoxy) is 1. The molecule has 1 aliphatic rings. The Labute approximate surface area is 109 Å². The molecule has 0 aromatic rings. The number of hydrogen-bond donors (Lipinski definition) is 3. The molecule has 1 rings (SSSR count). The summed E-state index contributed by atoms with van der Waals surface area (Å²) in [4.78, 5) is 0. The van der Waals surface area contributed by atoms with Crippen LogP contribution in [0.3, 0.4) is 0 Å². The van der Waals surface area contributed by atoms with Gasteiger partial charge in [0.05, 0.1) is 24.4 Å². The van der Waals surface area contributed by atoms with Gasteiger partial charge in [0.15, 0.2) is 0 Å². The zero-order valence-corrected chi connectivity index (χ0v) is 11.2. The van der Waals surface area contributed by atoms with Crippen molar-refractivity contribution in [2.75, 3.05) is 13.7 Å². The first kappa shape index (κ1) is 15.4. The molecule has 1 aliphatic carbocycles. The summed E-state index contributed by atoms with van der Waals surface area (Å²) in [6.45, 7) is 5.21. The van der Waals surface area contributed by atoms with Gasteiger partial charge in [-0.1, -0.05) is 17.7 Å². The largest absolute Gasteiger partial charge is 0.393 e. The number of allylic oxidation sites excluding steroid dienone is 2. The van der Waals surface area contributed by atoms with E-state index in [2.05, 4.69) is 6.58 Å². The van der Waals surface area contributed by atoms with E-state index in [1.165, 1.54) is 7.11 Å². The number of aliphatic hydroxyl groups is 3. The summed E-state index contributed by atoms with van der Waals surface area (Å²) in [5.41, 5.74) is -0.307. The molecule has 0 saturated heterocycles. The molecule has 1 fully saturated rings. The number of methoxy groups -OCH3 is 1. The van der Waals surface area contributed by atoms with Gasteiger partial charge in [0, 0.05) is 13.0 Å². The highest BCUT2D eigenvalue weighted by atomic mass is 16.5. The van der Waals surface area contributed by atoms with Crippen molar-refractivity contribution in [3.63, 3.8) is 0 Å². The molecular formula is C14H24O4. The second-order valence-electron chi connectivity index (χ2n) is 5.02. The van der Waals surface area contributed by atoms with Gasteiger partial charge in [0.25, 0.3) is 0 Å². The first-order chi connectivity index (χ1) is 8.50. The van der Waals surface area contributed by atoms with Crippen molar-refractivity contribution in [2.24, 2.45) is 5.92 Å². The Morgan fingerprint density at radius 2 is 2.22 bits per heavy atom. The van der Waals surface area contributed by atoms with Crippen molar-refractivity contribution in [1.82, 2.24) is 0 Å². The highest BCUT2D eigenvalue weighted by molar-refractivity contribution is 5.17. The second kappa shape index (κ2) is 6.48. The maximum absolute atomic E-state index is 10.5. The standard InChI is InChI=1S/C14H24O4/c1-4-5-6-10(2)12-13(18-3)11(16)7-8-14(12,17)9-15/h4,6,11-13,15-17H,1,5,7-9H2,2-3H3/b10-6+/t11-,12+,13-,14+/m1/s1. The van der Waals surface area contributed by atoms with E-state index in [-0.39, 0.29) is 6.61 Å². The third-order valence-electron chi connectivity index (χ3n) is 3.80. The van der Waals surface area contributed by atoms with Crippen molar-refractivity contribution < 1.29 is 20.1 Å². The highest BCUT2D eigenvalue weighted by Crippen LogP contribution is 2.39. The normalized spacial score (nSPS) is 37.6. The van der Waals surface area contributed by atoms with E-state index in [0.29, 0.717) is 19.3 Å². The summed E-state index contributed by atoms with van der Waals surface area (Å²) < 4.78 is 5.33. The summed E-state index contributed by atoms with van der Waals surface area (Å²) in [5.74, 6) is -0.392. The third kappa shape index (κ3) is 3.01. The number of aliphatic hydroxyl groups excluding tert-OH is 2. The molecule has 0 heterocycles. The number of hydrogen-bond acceptors (Lipinski definition) is 4. The van der Waals surface area contributed by atoms with Crippen LogP contribution in [0.4, 0.5) is 0 Å². The van der Waals surface area contributed by atoms with Gasteiger partial charge >= 0.3 is 0 Å². The van der Waals surface area contributed by atoms with Crippen molar-refractivity contribution in [1.29, 1.82) is 0 Å². The fourth-order valence-corrected chi connectivity index (χ4v) is 2.80. The Morgan fingerprint density at radius 1 is 1.56 bits per heavy atom. The molecule has 0 spiro atoms. The quantitative estimate of drug-likeness (QED) is 0.642. The lowest BCUT2D eigenvalue weighted by Gasteiger charge is -2.46. The molecule has 4 atom stereocenters. The van der Waals surface area contributed by atoms with E-state index in [0.717, 1.165) is 5.57 Å². The SMILES string of the molecule is C=CC/C=C(\C)[C@H]1[C@H](OC)[C@H](O)CC[C@]1(O)CO. The molecule has 4 heteroatoms. The van der Waals surface area contributed by atoms with Crippen LogP contribution >= 0.6 is 0 Å². The third-order valence-corrected chi connectivity index (χ3v) is 3.80.